The van der Waals surface area contributed by atoms with Crippen LogP contribution in [0.15, 0.2) is 18.2 Å². The van der Waals surface area contributed by atoms with E-state index in [0.717, 1.165) is 11.5 Å². The summed E-state index contributed by atoms with van der Waals surface area (Å²) in [5.74, 6) is 2.24. The molecular formula is C14H22FNOS. The highest BCUT2D eigenvalue weighted by atomic mass is 32.2. The highest BCUT2D eigenvalue weighted by Crippen LogP contribution is 2.21. The highest BCUT2D eigenvalue weighted by Gasteiger charge is 2.13. The molecule has 0 aromatic heterocycles. The van der Waals surface area contributed by atoms with Gasteiger partial charge in [0.25, 0.3) is 0 Å². The molecule has 4 heteroatoms. The van der Waals surface area contributed by atoms with E-state index in [1.165, 1.54) is 13.5 Å². The normalized spacial score (nSPS) is 12.4. The molecule has 102 valence electrons. The molecule has 0 spiro atoms. The van der Waals surface area contributed by atoms with Crippen LogP contribution in [0.1, 0.15) is 18.9 Å². The predicted molar refractivity (Wildman–Crippen MR) is 77.1 cm³/mol. The molecule has 0 aliphatic rings. The first-order chi connectivity index (χ1) is 8.72. The zero-order valence-corrected chi connectivity index (χ0v) is 12.1. The Labute approximate surface area is 113 Å². The molecule has 1 rings (SSSR count). The number of rotatable bonds is 8. The maximum atomic E-state index is 14.0. The molecule has 18 heavy (non-hydrogen) atoms. The summed E-state index contributed by atoms with van der Waals surface area (Å²) in [5.41, 5.74) is 0.714. The van der Waals surface area contributed by atoms with Gasteiger partial charge in [-0.05, 0) is 37.3 Å². The number of benzene rings is 1. The van der Waals surface area contributed by atoms with Crippen molar-refractivity contribution in [2.24, 2.45) is 0 Å². The van der Waals surface area contributed by atoms with E-state index in [2.05, 4.69) is 12.2 Å². The zero-order valence-electron chi connectivity index (χ0n) is 11.3. The third-order valence-corrected chi connectivity index (χ3v) is 4.14. The lowest BCUT2D eigenvalue weighted by molar-refractivity contribution is 0.383. The topological polar surface area (TPSA) is 21.3 Å². The lowest BCUT2D eigenvalue weighted by atomic mass is 10.1. The molecule has 1 atom stereocenters. The Morgan fingerprint density at radius 1 is 1.44 bits per heavy atom. The summed E-state index contributed by atoms with van der Waals surface area (Å²) in [5, 5.41) is 3.25. The molecule has 0 saturated carbocycles. The van der Waals surface area contributed by atoms with Crippen LogP contribution in [0.5, 0.6) is 5.75 Å². The van der Waals surface area contributed by atoms with E-state index in [9.17, 15) is 4.39 Å². The van der Waals surface area contributed by atoms with Gasteiger partial charge in [0, 0.05) is 11.8 Å². The van der Waals surface area contributed by atoms with Gasteiger partial charge in [0.05, 0.1) is 7.11 Å². The van der Waals surface area contributed by atoms with E-state index < -0.39 is 0 Å². The molecule has 0 aliphatic carbocycles. The molecule has 0 saturated heterocycles. The molecule has 0 bridgehead atoms. The molecule has 0 heterocycles. The fourth-order valence-electron chi connectivity index (χ4n) is 1.75. The second-order valence-electron chi connectivity index (χ2n) is 4.20. The van der Waals surface area contributed by atoms with Gasteiger partial charge in [0.1, 0.15) is 0 Å². The smallest absolute Gasteiger partial charge is 0.168 e. The van der Waals surface area contributed by atoms with Crippen molar-refractivity contribution in [3.8, 4) is 5.75 Å². The van der Waals surface area contributed by atoms with Gasteiger partial charge in [-0.25, -0.2) is 4.39 Å². The summed E-state index contributed by atoms with van der Waals surface area (Å²) in [4.78, 5) is 0. The van der Waals surface area contributed by atoms with E-state index >= 15 is 0 Å². The fourth-order valence-corrected chi connectivity index (χ4v) is 2.78. The van der Waals surface area contributed by atoms with Gasteiger partial charge in [0.15, 0.2) is 11.6 Å². The first-order valence-corrected chi connectivity index (χ1v) is 7.44. The van der Waals surface area contributed by atoms with Crippen molar-refractivity contribution in [2.45, 2.75) is 25.8 Å². The van der Waals surface area contributed by atoms with E-state index in [1.54, 1.807) is 6.07 Å². The van der Waals surface area contributed by atoms with E-state index in [1.807, 2.05) is 30.9 Å². The average Bonchev–Trinajstić information content (AvgIpc) is 2.40. The van der Waals surface area contributed by atoms with Gasteiger partial charge in [-0.2, -0.15) is 11.8 Å². The number of nitrogens with one attached hydrogen (secondary N) is 1. The molecule has 1 aromatic carbocycles. The minimum atomic E-state index is -0.235. The summed E-state index contributed by atoms with van der Waals surface area (Å²) >= 11 is 1.90. The minimum absolute atomic E-state index is 0.235. The Balaban J connectivity index is 2.63. The Morgan fingerprint density at radius 2 is 2.22 bits per heavy atom. The summed E-state index contributed by atoms with van der Waals surface area (Å²) < 4.78 is 19.0. The number of likely N-dealkylation sites (N-methyl/N-ethyl adjacent to an activating group) is 1. The maximum Gasteiger partial charge on any atom is 0.168 e. The van der Waals surface area contributed by atoms with Crippen molar-refractivity contribution in [3.63, 3.8) is 0 Å². The van der Waals surface area contributed by atoms with Crippen LogP contribution in [-0.4, -0.2) is 31.7 Å². The van der Waals surface area contributed by atoms with Gasteiger partial charge in [-0.3, -0.25) is 0 Å². The summed E-state index contributed by atoms with van der Waals surface area (Å²) in [6.07, 6.45) is 1.87. The van der Waals surface area contributed by atoms with Gasteiger partial charge in [-0.1, -0.05) is 19.1 Å². The average molecular weight is 271 g/mol. The molecule has 1 unspecified atom stereocenters. The van der Waals surface area contributed by atoms with Crippen molar-refractivity contribution in [1.82, 2.24) is 5.32 Å². The Bertz CT molecular complexity index is 360. The molecule has 2 nitrogen and oxygen atoms in total. The largest absolute Gasteiger partial charge is 0.494 e. The second-order valence-corrected chi connectivity index (χ2v) is 5.35. The highest BCUT2D eigenvalue weighted by molar-refractivity contribution is 7.99. The van der Waals surface area contributed by atoms with E-state index in [4.69, 9.17) is 4.74 Å². The van der Waals surface area contributed by atoms with Crippen LogP contribution in [0.4, 0.5) is 4.39 Å². The van der Waals surface area contributed by atoms with Crippen molar-refractivity contribution in [3.05, 3.63) is 29.6 Å². The van der Waals surface area contributed by atoms with Crippen LogP contribution in [0.3, 0.4) is 0 Å². The van der Waals surface area contributed by atoms with Crippen LogP contribution < -0.4 is 10.1 Å². The SMILES string of the molecule is CCCSCC(Cc1cccc(OC)c1F)NC. The Morgan fingerprint density at radius 3 is 2.83 bits per heavy atom. The minimum Gasteiger partial charge on any atom is -0.494 e. The summed E-state index contributed by atoms with van der Waals surface area (Å²) in [7, 11) is 3.42. The number of ether oxygens (including phenoxy) is 1. The lowest BCUT2D eigenvalue weighted by Gasteiger charge is -2.16. The fraction of sp³-hybridized carbons (Fsp3) is 0.571. The number of hydrogen-bond donors (Lipinski definition) is 1. The number of thioether (sulfide) groups is 1. The number of halogens is 1. The standard InChI is InChI=1S/C14H22FNOS/c1-4-8-18-10-12(16-2)9-11-6-5-7-13(17-3)14(11)15/h5-7,12,16H,4,8-10H2,1-3H3. The lowest BCUT2D eigenvalue weighted by Crippen LogP contribution is -2.30. The number of methoxy groups -OCH3 is 1. The van der Waals surface area contributed by atoms with Gasteiger partial charge < -0.3 is 10.1 Å². The first-order valence-electron chi connectivity index (χ1n) is 6.29. The molecule has 0 amide bonds. The van der Waals surface area contributed by atoms with Gasteiger partial charge in [0.2, 0.25) is 0 Å². The maximum absolute atomic E-state index is 14.0. The van der Waals surface area contributed by atoms with Crippen LogP contribution >= 0.6 is 11.8 Å². The van der Waals surface area contributed by atoms with Crippen molar-refractivity contribution < 1.29 is 9.13 Å². The van der Waals surface area contributed by atoms with Crippen LogP contribution in [0, 0.1) is 5.82 Å². The summed E-state index contributed by atoms with van der Waals surface area (Å²) in [6, 6.07) is 5.61. The molecular weight excluding hydrogens is 249 g/mol. The van der Waals surface area contributed by atoms with Gasteiger partial charge in [-0.15, -0.1) is 0 Å². The van der Waals surface area contributed by atoms with Crippen LogP contribution in [0.25, 0.3) is 0 Å². The first kappa shape index (κ1) is 15.3. The van der Waals surface area contributed by atoms with Crippen LogP contribution in [-0.2, 0) is 6.42 Å². The summed E-state index contributed by atoms with van der Waals surface area (Å²) in [6.45, 7) is 2.17. The van der Waals surface area contributed by atoms with Crippen molar-refractivity contribution in [1.29, 1.82) is 0 Å². The van der Waals surface area contributed by atoms with E-state index in [0.29, 0.717) is 23.8 Å². The van der Waals surface area contributed by atoms with Crippen molar-refractivity contribution >= 4 is 11.8 Å². The Kier molecular flexibility index (Phi) is 7.13. The van der Waals surface area contributed by atoms with E-state index in [-0.39, 0.29) is 5.82 Å². The third-order valence-electron chi connectivity index (χ3n) is 2.81. The second kappa shape index (κ2) is 8.38. The monoisotopic (exact) mass is 271 g/mol. The molecule has 0 fully saturated rings. The molecule has 1 aromatic rings. The molecule has 0 radical (unpaired) electrons. The quantitative estimate of drug-likeness (QED) is 0.734. The number of hydrogen-bond acceptors (Lipinski definition) is 3. The van der Waals surface area contributed by atoms with Crippen molar-refractivity contribution in [2.75, 3.05) is 25.7 Å². The third kappa shape index (κ3) is 4.50. The molecule has 0 aliphatic heterocycles. The van der Waals surface area contributed by atoms with Crippen LogP contribution in [0.2, 0.25) is 0 Å². The zero-order chi connectivity index (χ0) is 13.4. The molecule has 1 N–H and O–H groups in total. The predicted octanol–water partition coefficient (Wildman–Crippen LogP) is 3.11. The van der Waals surface area contributed by atoms with Gasteiger partial charge >= 0.3 is 0 Å². The Hall–Kier alpha value is -0.740.